The van der Waals surface area contributed by atoms with Crippen molar-refractivity contribution in [1.29, 1.82) is 0 Å². The maximum Gasteiger partial charge on any atom is 0.301 e. The summed E-state index contributed by atoms with van der Waals surface area (Å²) in [6, 6.07) is 13.2. The maximum atomic E-state index is 13.5. The minimum atomic E-state index is -0.902. The number of thiazole rings is 1. The van der Waals surface area contributed by atoms with Crippen LogP contribution in [-0.4, -0.2) is 21.8 Å². The van der Waals surface area contributed by atoms with Gasteiger partial charge in [0.2, 0.25) is 0 Å². The van der Waals surface area contributed by atoms with Gasteiger partial charge in [0.15, 0.2) is 5.13 Å². The Morgan fingerprint density at radius 1 is 1.07 bits per heavy atom. The molecule has 1 unspecified atom stereocenters. The number of aliphatic hydroxyl groups is 1. The Morgan fingerprint density at radius 3 is 2.31 bits per heavy atom. The van der Waals surface area contributed by atoms with Gasteiger partial charge in [-0.25, -0.2) is 9.37 Å². The van der Waals surface area contributed by atoms with Gasteiger partial charge in [0.05, 0.1) is 17.3 Å². The van der Waals surface area contributed by atoms with E-state index in [2.05, 4.69) is 4.98 Å². The molecule has 2 heterocycles. The van der Waals surface area contributed by atoms with Crippen LogP contribution < -0.4 is 4.90 Å². The molecule has 1 saturated heterocycles. The van der Waals surface area contributed by atoms with E-state index >= 15 is 0 Å². The van der Waals surface area contributed by atoms with Crippen molar-refractivity contribution in [3.8, 4) is 0 Å². The summed E-state index contributed by atoms with van der Waals surface area (Å²) in [6.45, 7) is 3.70. The van der Waals surface area contributed by atoms with Crippen molar-refractivity contribution in [2.24, 2.45) is 0 Å². The van der Waals surface area contributed by atoms with Gasteiger partial charge in [-0.1, -0.05) is 42.5 Å². The number of anilines is 1. The number of rotatable bonds is 3. The van der Waals surface area contributed by atoms with Crippen molar-refractivity contribution in [1.82, 2.24) is 4.98 Å². The van der Waals surface area contributed by atoms with Crippen molar-refractivity contribution in [3.05, 3.63) is 87.7 Å². The van der Waals surface area contributed by atoms with Crippen molar-refractivity contribution < 1.29 is 19.1 Å². The average molecular weight is 408 g/mol. The number of nitrogens with zero attached hydrogens (tertiary/aromatic N) is 2. The monoisotopic (exact) mass is 408 g/mol. The average Bonchev–Trinajstić information content (AvgIpc) is 3.18. The minimum absolute atomic E-state index is 0.0432. The number of aliphatic hydroxyl groups excluding tert-OH is 1. The molecule has 0 bridgehead atoms. The first-order chi connectivity index (χ1) is 13.9. The Balaban J connectivity index is 1.95. The first kappa shape index (κ1) is 19.0. The number of benzene rings is 2. The van der Waals surface area contributed by atoms with Gasteiger partial charge in [-0.2, -0.15) is 0 Å². The lowest BCUT2D eigenvalue weighted by Crippen LogP contribution is -2.29. The molecule has 2 aromatic carbocycles. The largest absolute Gasteiger partial charge is 0.507 e. The van der Waals surface area contributed by atoms with E-state index in [4.69, 9.17) is 0 Å². The van der Waals surface area contributed by atoms with Gasteiger partial charge in [0.1, 0.15) is 11.6 Å². The van der Waals surface area contributed by atoms with Gasteiger partial charge in [0, 0.05) is 10.4 Å². The number of Topliss-reactive ketones (excluding diaryl/α,β-unsaturated/α-hetero) is 1. The zero-order valence-electron chi connectivity index (χ0n) is 15.7. The van der Waals surface area contributed by atoms with E-state index in [1.54, 1.807) is 30.3 Å². The summed E-state index contributed by atoms with van der Waals surface area (Å²) in [5.41, 5.74) is 1.64. The Hall–Kier alpha value is -3.32. The molecule has 1 amide bonds. The second kappa shape index (κ2) is 7.25. The number of carbonyl (C=O) groups is 2. The molecule has 5 nitrogen and oxygen atoms in total. The Morgan fingerprint density at radius 2 is 1.72 bits per heavy atom. The Labute approximate surface area is 170 Å². The van der Waals surface area contributed by atoms with E-state index in [9.17, 15) is 19.1 Å². The molecule has 1 N–H and O–H groups in total. The van der Waals surface area contributed by atoms with Crippen LogP contribution in [0.4, 0.5) is 9.52 Å². The Bertz CT molecular complexity index is 1120. The lowest BCUT2D eigenvalue weighted by Gasteiger charge is -2.23. The number of hydrogen-bond acceptors (Lipinski definition) is 5. The van der Waals surface area contributed by atoms with Crippen LogP contribution in [0, 0.1) is 19.7 Å². The molecule has 0 radical (unpaired) electrons. The molecule has 7 heteroatoms. The summed E-state index contributed by atoms with van der Waals surface area (Å²) >= 11 is 1.29. The molecule has 1 aliphatic rings. The van der Waals surface area contributed by atoms with Crippen LogP contribution in [-0.2, 0) is 9.59 Å². The standard InChI is InChI=1S/C22H17FN2O3S/c1-12-13(2)29-22(24-12)25-18(14-8-10-16(23)11-9-14)17(20(27)21(25)28)19(26)15-6-4-3-5-7-15/h3-11,18,26H,1-2H3/b19-17-. The third-order valence-corrected chi connectivity index (χ3v) is 5.97. The number of amides is 1. The fraction of sp³-hybridized carbons (Fsp3) is 0.136. The molecular weight excluding hydrogens is 391 g/mol. The Kier molecular flexibility index (Phi) is 4.76. The van der Waals surface area contributed by atoms with Gasteiger partial charge in [-0.15, -0.1) is 11.3 Å². The van der Waals surface area contributed by atoms with Crippen LogP contribution in [0.5, 0.6) is 0 Å². The third-order valence-electron chi connectivity index (χ3n) is 4.90. The highest BCUT2D eigenvalue weighted by atomic mass is 32.1. The van der Waals surface area contributed by atoms with E-state index in [0.29, 0.717) is 16.3 Å². The SMILES string of the molecule is Cc1nc(N2C(=O)C(=O)/C(=C(\O)c3ccccc3)C2c2ccc(F)cc2)sc1C. The zero-order chi connectivity index (χ0) is 20.7. The van der Waals surface area contributed by atoms with E-state index in [1.165, 1.54) is 40.5 Å². The molecule has 1 aromatic heterocycles. The maximum absolute atomic E-state index is 13.5. The summed E-state index contributed by atoms with van der Waals surface area (Å²) in [5, 5.41) is 11.3. The number of aryl methyl sites for hydroxylation is 2. The lowest BCUT2D eigenvalue weighted by molar-refractivity contribution is -0.132. The molecule has 0 aliphatic carbocycles. The van der Waals surface area contributed by atoms with E-state index in [-0.39, 0.29) is 11.3 Å². The zero-order valence-corrected chi connectivity index (χ0v) is 16.5. The number of carbonyl (C=O) groups excluding carboxylic acids is 2. The third kappa shape index (κ3) is 3.23. The van der Waals surface area contributed by atoms with Gasteiger partial charge in [-0.3, -0.25) is 14.5 Å². The number of hydrogen-bond donors (Lipinski definition) is 1. The predicted octanol–water partition coefficient (Wildman–Crippen LogP) is 4.53. The van der Waals surface area contributed by atoms with Crippen molar-refractivity contribution in [2.75, 3.05) is 4.90 Å². The summed E-state index contributed by atoms with van der Waals surface area (Å²) in [7, 11) is 0. The highest BCUT2D eigenvalue weighted by molar-refractivity contribution is 7.16. The smallest absolute Gasteiger partial charge is 0.301 e. The molecule has 1 fully saturated rings. The summed E-state index contributed by atoms with van der Waals surface area (Å²) in [5.74, 6) is -2.28. The molecular formula is C22H17FN2O3S. The lowest BCUT2D eigenvalue weighted by atomic mass is 9.95. The highest BCUT2D eigenvalue weighted by Crippen LogP contribution is 2.43. The second-order valence-corrected chi connectivity index (χ2v) is 7.91. The van der Waals surface area contributed by atoms with Crippen molar-refractivity contribution in [2.45, 2.75) is 19.9 Å². The van der Waals surface area contributed by atoms with Crippen LogP contribution in [0.1, 0.15) is 27.7 Å². The topological polar surface area (TPSA) is 70.5 Å². The molecule has 146 valence electrons. The molecule has 4 rings (SSSR count). The van der Waals surface area contributed by atoms with Crippen molar-refractivity contribution in [3.63, 3.8) is 0 Å². The van der Waals surface area contributed by atoms with Gasteiger partial charge in [0.25, 0.3) is 5.78 Å². The molecule has 0 spiro atoms. The number of halogens is 1. The fourth-order valence-electron chi connectivity index (χ4n) is 3.30. The van der Waals surface area contributed by atoms with Crippen LogP contribution >= 0.6 is 11.3 Å². The van der Waals surface area contributed by atoms with Crippen molar-refractivity contribution >= 4 is 33.9 Å². The van der Waals surface area contributed by atoms with E-state index < -0.39 is 23.5 Å². The first-order valence-corrected chi connectivity index (χ1v) is 9.76. The van der Waals surface area contributed by atoms with Gasteiger partial charge in [-0.05, 0) is 31.5 Å². The molecule has 1 aliphatic heterocycles. The van der Waals surface area contributed by atoms with Crippen LogP contribution in [0.3, 0.4) is 0 Å². The molecule has 3 aromatic rings. The quantitative estimate of drug-likeness (QED) is 0.393. The summed E-state index contributed by atoms with van der Waals surface area (Å²) in [6.07, 6.45) is 0. The summed E-state index contributed by atoms with van der Waals surface area (Å²) in [4.78, 5) is 32.5. The van der Waals surface area contributed by atoms with Gasteiger partial charge < -0.3 is 5.11 Å². The molecule has 1 atom stereocenters. The second-order valence-electron chi connectivity index (χ2n) is 6.72. The number of aromatic nitrogens is 1. The minimum Gasteiger partial charge on any atom is -0.507 e. The first-order valence-electron chi connectivity index (χ1n) is 8.94. The van der Waals surface area contributed by atoms with Gasteiger partial charge >= 0.3 is 5.91 Å². The predicted molar refractivity (Wildman–Crippen MR) is 109 cm³/mol. The number of ketones is 1. The highest BCUT2D eigenvalue weighted by Gasteiger charge is 2.48. The fourth-order valence-corrected chi connectivity index (χ4v) is 4.24. The molecule has 29 heavy (non-hydrogen) atoms. The van der Waals surface area contributed by atoms with Crippen LogP contribution in [0.25, 0.3) is 5.76 Å². The van der Waals surface area contributed by atoms with E-state index in [1.807, 2.05) is 13.8 Å². The summed E-state index contributed by atoms with van der Waals surface area (Å²) < 4.78 is 13.5. The van der Waals surface area contributed by atoms with Crippen LogP contribution in [0.2, 0.25) is 0 Å². The normalized spacial score (nSPS) is 18.4. The van der Waals surface area contributed by atoms with Crippen LogP contribution in [0.15, 0.2) is 60.2 Å². The molecule has 0 saturated carbocycles. The van der Waals surface area contributed by atoms with E-state index in [0.717, 1.165) is 10.6 Å².